The normalized spacial score (nSPS) is 34.2. The van der Waals surface area contributed by atoms with Crippen LogP contribution in [0.1, 0.15) is 16.8 Å². The summed E-state index contributed by atoms with van der Waals surface area (Å²) in [6.07, 6.45) is 5.25. The Kier molecular flexibility index (Phi) is 3.95. The number of rotatable bonds is 5. The van der Waals surface area contributed by atoms with Crippen LogP contribution < -0.4 is 0 Å². The van der Waals surface area contributed by atoms with Crippen LogP contribution in [-0.2, 0) is 19.1 Å². The standard InChI is InChI=1S/C21H18ClNO5/c22-11-3-1-10(2-4-11)16(24)9-28-17(25)8-23-20(26)18-12-5-6-13(15-7-14(12)15)19(18)21(23)27/h1-6,12-15,18-19H,7-9H2/t12-,13-,14-,15-,18+,19+/m1/s1. The van der Waals surface area contributed by atoms with Gasteiger partial charge in [0.25, 0.3) is 0 Å². The molecule has 1 aliphatic heterocycles. The van der Waals surface area contributed by atoms with Gasteiger partial charge in [-0.25, -0.2) is 0 Å². The fourth-order valence-electron chi connectivity index (χ4n) is 5.21. The van der Waals surface area contributed by atoms with Gasteiger partial charge in [-0.05, 0) is 54.4 Å². The maximum atomic E-state index is 12.8. The Labute approximate surface area is 166 Å². The Morgan fingerprint density at radius 1 is 1.00 bits per heavy atom. The van der Waals surface area contributed by atoms with Gasteiger partial charge in [0.2, 0.25) is 11.8 Å². The molecule has 6 rings (SSSR count). The molecule has 0 aromatic heterocycles. The fourth-order valence-corrected chi connectivity index (χ4v) is 5.34. The minimum atomic E-state index is -0.756. The second-order valence-corrected chi connectivity index (χ2v) is 8.44. The highest BCUT2D eigenvalue weighted by atomic mass is 35.5. The Balaban J connectivity index is 1.21. The van der Waals surface area contributed by atoms with E-state index in [-0.39, 0.29) is 41.3 Å². The Morgan fingerprint density at radius 2 is 1.57 bits per heavy atom. The summed E-state index contributed by atoms with van der Waals surface area (Å²) in [6.45, 7) is -0.881. The second-order valence-electron chi connectivity index (χ2n) is 8.01. The number of carbonyl (C=O) groups is 4. The number of ketones is 1. The van der Waals surface area contributed by atoms with Crippen molar-refractivity contribution in [1.29, 1.82) is 0 Å². The van der Waals surface area contributed by atoms with Crippen molar-refractivity contribution in [2.24, 2.45) is 35.5 Å². The number of allylic oxidation sites excluding steroid dienone is 2. The molecule has 2 saturated carbocycles. The van der Waals surface area contributed by atoms with E-state index in [4.69, 9.17) is 16.3 Å². The molecule has 144 valence electrons. The molecule has 1 aromatic rings. The third kappa shape index (κ3) is 2.62. The van der Waals surface area contributed by atoms with Gasteiger partial charge in [0, 0.05) is 10.6 Å². The summed E-state index contributed by atoms with van der Waals surface area (Å²) in [5.74, 6) is -1.11. The van der Waals surface area contributed by atoms with Gasteiger partial charge in [0.05, 0.1) is 11.8 Å². The van der Waals surface area contributed by atoms with E-state index < -0.39 is 19.1 Å². The van der Waals surface area contributed by atoms with E-state index in [0.717, 1.165) is 11.3 Å². The van der Waals surface area contributed by atoms with Crippen LogP contribution in [0.3, 0.4) is 0 Å². The average molecular weight is 400 g/mol. The predicted molar refractivity (Wildman–Crippen MR) is 98.2 cm³/mol. The lowest BCUT2D eigenvalue weighted by atomic mass is 9.63. The third-order valence-electron chi connectivity index (χ3n) is 6.57. The highest BCUT2D eigenvalue weighted by Crippen LogP contribution is 2.65. The molecule has 4 aliphatic carbocycles. The van der Waals surface area contributed by atoms with Crippen molar-refractivity contribution < 1.29 is 23.9 Å². The monoisotopic (exact) mass is 399 g/mol. The van der Waals surface area contributed by atoms with Crippen LogP contribution in [0, 0.1) is 35.5 Å². The summed E-state index contributed by atoms with van der Waals surface area (Å²) < 4.78 is 5.02. The topological polar surface area (TPSA) is 80.8 Å². The molecule has 1 heterocycles. The number of Topliss-reactive ketones (excluding diaryl/α,β-unsaturated/α-hetero) is 1. The number of esters is 1. The van der Waals surface area contributed by atoms with Crippen molar-refractivity contribution in [2.75, 3.05) is 13.2 Å². The van der Waals surface area contributed by atoms with E-state index in [9.17, 15) is 19.2 Å². The molecule has 2 bridgehead atoms. The second kappa shape index (κ2) is 6.27. The summed E-state index contributed by atoms with van der Waals surface area (Å²) in [4.78, 5) is 50.9. The van der Waals surface area contributed by atoms with Crippen molar-refractivity contribution in [3.63, 3.8) is 0 Å². The van der Waals surface area contributed by atoms with Gasteiger partial charge >= 0.3 is 5.97 Å². The SMILES string of the molecule is O=C(CN1C(=O)[C@H]2[C@@H]3C=C[C@H]([C@H]4C[C@H]34)[C@@H]2C1=O)OCC(=O)c1ccc(Cl)cc1. The summed E-state index contributed by atoms with van der Waals surface area (Å²) in [5.41, 5.74) is 0.374. The first-order chi connectivity index (χ1) is 13.5. The van der Waals surface area contributed by atoms with E-state index in [1.54, 1.807) is 24.3 Å². The molecule has 0 radical (unpaired) electrons. The molecule has 5 aliphatic rings. The number of hydrogen-bond donors (Lipinski definition) is 0. The number of imide groups is 1. The van der Waals surface area contributed by atoms with Crippen LogP contribution in [0.2, 0.25) is 5.02 Å². The van der Waals surface area contributed by atoms with Crippen LogP contribution >= 0.6 is 11.6 Å². The molecule has 7 heteroatoms. The number of benzene rings is 1. The minimum Gasteiger partial charge on any atom is -0.456 e. The highest BCUT2D eigenvalue weighted by Gasteiger charge is 2.67. The van der Waals surface area contributed by atoms with Crippen LogP contribution in [0.5, 0.6) is 0 Å². The fraction of sp³-hybridized carbons (Fsp3) is 0.429. The number of ether oxygens (including phenoxy) is 1. The van der Waals surface area contributed by atoms with Crippen molar-refractivity contribution in [3.05, 3.63) is 47.0 Å². The molecule has 3 fully saturated rings. The molecule has 2 amide bonds. The molecule has 28 heavy (non-hydrogen) atoms. The lowest BCUT2D eigenvalue weighted by Gasteiger charge is -2.37. The van der Waals surface area contributed by atoms with Crippen LogP contribution in [0.4, 0.5) is 0 Å². The van der Waals surface area contributed by atoms with Crippen LogP contribution in [-0.4, -0.2) is 41.6 Å². The third-order valence-corrected chi connectivity index (χ3v) is 6.82. The molecule has 6 atom stereocenters. The highest BCUT2D eigenvalue weighted by molar-refractivity contribution is 6.30. The van der Waals surface area contributed by atoms with Gasteiger partial charge in [-0.1, -0.05) is 23.8 Å². The van der Waals surface area contributed by atoms with Crippen molar-refractivity contribution >= 4 is 35.2 Å². The number of halogens is 1. The van der Waals surface area contributed by atoms with Crippen molar-refractivity contribution in [1.82, 2.24) is 4.90 Å². The molecular formula is C21H18ClNO5. The van der Waals surface area contributed by atoms with Gasteiger partial charge in [-0.3, -0.25) is 24.1 Å². The zero-order valence-corrected chi connectivity index (χ0v) is 15.7. The number of carbonyl (C=O) groups excluding carboxylic acids is 4. The predicted octanol–water partition coefficient (Wildman–Crippen LogP) is 2.12. The van der Waals surface area contributed by atoms with E-state index in [1.807, 2.05) is 0 Å². The van der Waals surface area contributed by atoms with Crippen LogP contribution in [0.25, 0.3) is 0 Å². The van der Waals surface area contributed by atoms with E-state index in [1.165, 1.54) is 0 Å². The first-order valence-corrected chi connectivity index (χ1v) is 9.81. The summed E-state index contributed by atoms with van der Waals surface area (Å²) in [7, 11) is 0. The average Bonchev–Trinajstić information content (AvgIpc) is 3.48. The zero-order chi connectivity index (χ0) is 19.6. The molecule has 1 aromatic carbocycles. The van der Waals surface area contributed by atoms with Crippen LogP contribution in [0.15, 0.2) is 36.4 Å². The molecule has 0 unspecified atom stereocenters. The Hall–Kier alpha value is -2.47. The first-order valence-electron chi connectivity index (χ1n) is 9.43. The molecule has 0 spiro atoms. The van der Waals surface area contributed by atoms with Gasteiger partial charge in [0.15, 0.2) is 12.4 Å². The molecule has 6 nitrogen and oxygen atoms in total. The number of nitrogens with zero attached hydrogens (tertiary/aromatic N) is 1. The number of hydrogen-bond acceptors (Lipinski definition) is 5. The maximum absolute atomic E-state index is 12.8. The summed E-state index contributed by atoms with van der Waals surface area (Å²) in [6, 6.07) is 6.25. The van der Waals surface area contributed by atoms with E-state index in [0.29, 0.717) is 22.4 Å². The van der Waals surface area contributed by atoms with Gasteiger partial charge in [0.1, 0.15) is 6.54 Å². The molecular weight excluding hydrogens is 382 g/mol. The van der Waals surface area contributed by atoms with Crippen molar-refractivity contribution in [2.45, 2.75) is 6.42 Å². The Morgan fingerprint density at radius 3 is 2.14 bits per heavy atom. The number of likely N-dealkylation sites (tertiary alicyclic amines) is 1. The Bertz CT molecular complexity index is 887. The first kappa shape index (κ1) is 17.6. The molecule has 0 N–H and O–H groups in total. The number of amides is 2. The molecule has 1 saturated heterocycles. The lowest BCUT2D eigenvalue weighted by molar-refractivity contribution is -0.152. The smallest absolute Gasteiger partial charge is 0.326 e. The quantitative estimate of drug-likeness (QED) is 0.328. The summed E-state index contributed by atoms with van der Waals surface area (Å²) in [5, 5.41) is 0.502. The maximum Gasteiger partial charge on any atom is 0.326 e. The lowest BCUT2D eigenvalue weighted by Crippen LogP contribution is -2.40. The zero-order valence-electron chi connectivity index (χ0n) is 14.9. The van der Waals surface area contributed by atoms with Gasteiger partial charge < -0.3 is 4.74 Å². The summed E-state index contributed by atoms with van der Waals surface area (Å²) >= 11 is 5.78. The van der Waals surface area contributed by atoms with E-state index in [2.05, 4.69) is 12.2 Å². The van der Waals surface area contributed by atoms with Gasteiger partial charge in [-0.15, -0.1) is 0 Å². The van der Waals surface area contributed by atoms with Gasteiger partial charge in [-0.2, -0.15) is 0 Å². The van der Waals surface area contributed by atoms with Crippen molar-refractivity contribution in [3.8, 4) is 0 Å². The minimum absolute atomic E-state index is 0.115. The largest absolute Gasteiger partial charge is 0.456 e. The van der Waals surface area contributed by atoms with E-state index >= 15 is 0 Å².